The highest BCUT2D eigenvalue weighted by Gasteiger charge is 2.14. The molecular formula is C16H24N2O. The van der Waals surface area contributed by atoms with E-state index in [4.69, 9.17) is 15.9 Å². The average Bonchev–Trinajstić information content (AvgIpc) is 2.47. The quantitative estimate of drug-likeness (QED) is 0.770. The van der Waals surface area contributed by atoms with Gasteiger partial charge in [-0.1, -0.05) is 31.4 Å². The van der Waals surface area contributed by atoms with Crippen molar-refractivity contribution < 1.29 is 4.74 Å². The summed E-state index contributed by atoms with van der Waals surface area (Å²) >= 11 is 0. The molecule has 3 nitrogen and oxygen atoms in total. The number of nitrogens with two attached hydrogens (primary N) is 1. The molecule has 0 aliphatic heterocycles. The normalized spacial score (nSPS) is 16.3. The summed E-state index contributed by atoms with van der Waals surface area (Å²) in [6, 6.07) is 7.84. The standard InChI is InChI=1S/C16H24N2O/c17-10-9-16(18)14-7-4-8-15(11-14)19-12-13-5-2-1-3-6-13/h4,7-8,11,13,18H,1-3,5-6,9-10,12,17H2. The van der Waals surface area contributed by atoms with Crippen molar-refractivity contribution in [2.24, 2.45) is 11.7 Å². The van der Waals surface area contributed by atoms with Crippen LogP contribution in [-0.2, 0) is 0 Å². The van der Waals surface area contributed by atoms with E-state index in [0.717, 1.165) is 17.9 Å². The van der Waals surface area contributed by atoms with Crippen molar-refractivity contribution in [2.75, 3.05) is 13.2 Å². The molecule has 0 heterocycles. The summed E-state index contributed by atoms with van der Waals surface area (Å²) in [7, 11) is 0. The Kier molecular flexibility index (Phi) is 5.40. The van der Waals surface area contributed by atoms with Gasteiger partial charge in [0.2, 0.25) is 0 Å². The van der Waals surface area contributed by atoms with Crippen LogP contribution in [0.15, 0.2) is 24.3 Å². The molecule has 19 heavy (non-hydrogen) atoms. The maximum absolute atomic E-state index is 7.92. The molecule has 1 aromatic carbocycles. The van der Waals surface area contributed by atoms with Gasteiger partial charge >= 0.3 is 0 Å². The van der Waals surface area contributed by atoms with E-state index in [2.05, 4.69) is 0 Å². The molecule has 3 heteroatoms. The summed E-state index contributed by atoms with van der Waals surface area (Å²) in [6.07, 6.45) is 7.27. The van der Waals surface area contributed by atoms with Gasteiger partial charge in [-0.15, -0.1) is 0 Å². The molecule has 0 unspecified atom stereocenters. The molecular weight excluding hydrogens is 236 g/mol. The van der Waals surface area contributed by atoms with E-state index in [9.17, 15) is 0 Å². The highest BCUT2D eigenvalue weighted by molar-refractivity contribution is 5.98. The van der Waals surface area contributed by atoms with Crippen molar-refractivity contribution in [1.29, 1.82) is 5.41 Å². The van der Waals surface area contributed by atoms with Crippen molar-refractivity contribution in [3.05, 3.63) is 29.8 Å². The van der Waals surface area contributed by atoms with Crippen molar-refractivity contribution in [3.63, 3.8) is 0 Å². The van der Waals surface area contributed by atoms with E-state index in [0.29, 0.717) is 24.6 Å². The lowest BCUT2D eigenvalue weighted by Gasteiger charge is -2.21. The topological polar surface area (TPSA) is 59.1 Å². The maximum atomic E-state index is 7.92. The number of benzene rings is 1. The van der Waals surface area contributed by atoms with Gasteiger partial charge in [-0.3, -0.25) is 0 Å². The molecule has 0 radical (unpaired) electrons. The maximum Gasteiger partial charge on any atom is 0.119 e. The summed E-state index contributed by atoms with van der Waals surface area (Å²) < 4.78 is 5.89. The van der Waals surface area contributed by atoms with Crippen molar-refractivity contribution in [2.45, 2.75) is 38.5 Å². The fourth-order valence-corrected chi connectivity index (χ4v) is 2.63. The molecule has 1 aromatic rings. The zero-order chi connectivity index (χ0) is 13.5. The van der Waals surface area contributed by atoms with Crippen LogP contribution in [0, 0.1) is 11.3 Å². The van der Waals surface area contributed by atoms with Crippen molar-refractivity contribution in [3.8, 4) is 5.75 Å². The van der Waals surface area contributed by atoms with Crippen LogP contribution in [0.4, 0.5) is 0 Å². The molecule has 0 aromatic heterocycles. The average molecular weight is 260 g/mol. The largest absolute Gasteiger partial charge is 0.493 e. The first-order valence-electron chi connectivity index (χ1n) is 7.30. The Morgan fingerprint density at radius 1 is 1.26 bits per heavy atom. The second kappa shape index (κ2) is 7.29. The Balaban J connectivity index is 1.89. The summed E-state index contributed by atoms with van der Waals surface area (Å²) in [5.74, 6) is 1.59. The van der Waals surface area contributed by atoms with E-state index >= 15 is 0 Å². The zero-order valence-electron chi connectivity index (χ0n) is 11.5. The van der Waals surface area contributed by atoms with Crippen LogP contribution in [0.5, 0.6) is 5.75 Å². The first-order valence-corrected chi connectivity index (χ1v) is 7.30. The fourth-order valence-electron chi connectivity index (χ4n) is 2.63. The van der Waals surface area contributed by atoms with E-state index in [-0.39, 0.29) is 0 Å². The predicted octanol–water partition coefficient (Wildman–Crippen LogP) is 3.36. The first kappa shape index (κ1) is 14.1. The summed E-state index contributed by atoms with van der Waals surface area (Å²) in [4.78, 5) is 0. The Labute approximate surface area is 115 Å². The highest BCUT2D eigenvalue weighted by atomic mass is 16.5. The van der Waals surface area contributed by atoms with Crippen LogP contribution >= 0.6 is 0 Å². The third-order valence-corrected chi connectivity index (χ3v) is 3.79. The lowest BCUT2D eigenvalue weighted by molar-refractivity contribution is 0.209. The third-order valence-electron chi connectivity index (χ3n) is 3.79. The van der Waals surface area contributed by atoms with Crippen LogP contribution in [0.25, 0.3) is 0 Å². The van der Waals surface area contributed by atoms with Crippen molar-refractivity contribution >= 4 is 5.71 Å². The molecule has 0 amide bonds. The molecule has 104 valence electrons. The second-order valence-electron chi connectivity index (χ2n) is 5.36. The van der Waals surface area contributed by atoms with Gasteiger partial charge in [0.25, 0.3) is 0 Å². The number of hydrogen-bond acceptors (Lipinski definition) is 3. The van der Waals surface area contributed by atoms with Crippen LogP contribution in [0.1, 0.15) is 44.1 Å². The molecule has 3 N–H and O–H groups in total. The van der Waals surface area contributed by atoms with Gasteiger partial charge in [0.1, 0.15) is 5.75 Å². The van der Waals surface area contributed by atoms with E-state index < -0.39 is 0 Å². The van der Waals surface area contributed by atoms with Gasteiger partial charge in [-0.25, -0.2) is 0 Å². The smallest absolute Gasteiger partial charge is 0.119 e. The SMILES string of the molecule is N=C(CCN)c1cccc(OCC2CCCCC2)c1. The van der Waals surface area contributed by atoms with Crippen LogP contribution < -0.4 is 10.5 Å². The molecule has 1 aliphatic carbocycles. The van der Waals surface area contributed by atoms with Crippen LogP contribution in [-0.4, -0.2) is 18.9 Å². The molecule has 0 atom stereocenters. The van der Waals surface area contributed by atoms with E-state index in [1.807, 2.05) is 24.3 Å². The summed E-state index contributed by atoms with van der Waals surface area (Å²) in [5.41, 5.74) is 7.00. The molecule has 0 bridgehead atoms. The number of ether oxygens (including phenoxy) is 1. The lowest BCUT2D eigenvalue weighted by Crippen LogP contribution is -2.15. The lowest BCUT2D eigenvalue weighted by atomic mass is 9.90. The van der Waals surface area contributed by atoms with E-state index in [1.54, 1.807) is 0 Å². The Morgan fingerprint density at radius 2 is 2.05 bits per heavy atom. The molecule has 2 rings (SSSR count). The fraction of sp³-hybridized carbons (Fsp3) is 0.562. The minimum absolute atomic E-state index is 0.520. The number of nitrogens with one attached hydrogen (secondary N) is 1. The molecule has 0 saturated heterocycles. The Hall–Kier alpha value is -1.35. The molecule has 0 spiro atoms. The second-order valence-corrected chi connectivity index (χ2v) is 5.36. The summed E-state index contributed by atoms with van der Waals surface area (Å²) in [6.45, 7) is 1.33. The highest BCUT2D eigenvalue weighted by Crippen LogP contribution is 2.25. The van der Waals surface area contributed by atoms with Gasteiger partial charge < -0.3 is 15.9 Å². The van der Waals surface area contributed by atoms with Gasteiger partial charge in [0.05, 0.1) is 6.61 Å². The molecule has 1 aliphatic rings. The Bertz CT molecular complexity index is 411. The van der Waals surface area contributed by atoms with Gasteiger partial charge in [0.15, 0.2) is 0 Å². The predicted molar refractivity (Wildman–Crippen MR) is 79.0 cm³/mol. The van der Waals surface area contributed by atoms with Crippen molar-refractivity contribution in [1.82, 2.24) is 0 Å². The van der Waals surface area contributed by atoms with Gasteiger partial charge in [0, 0.05) is 12.1 Å². The molecule has 1 saturated carbocycles. The molecule has 1 fully saturated rings. The van der Waals surface area contributed by atoms with Gasteiger partial charge in [-0.2, -0.15) is 0 Å². The monoisotopic (exact) mass is 260 g/mol. The van der Waals surface area contributed by atoms with Gasteiger partial charge in [-0.05, 0) is 43.0 Å². The van der Waals surface area contributed by atoms with Crippen LogP contribution in [0.3, 0.4) is 0 Å². The first-order chi connectivity index (χ1) is 9.29. The number of rotatable bonds is 6. The third kappa shape index (κ3) is 4.35. The zero-order valence-corrected chi connectivity index (χ0v) is 11.5. The van der Waals surface area contributed by atoms with E-state index in [1.165, 1.54) is 32.1 Å². The minimum atomic E-state index is 0.520. The van der Waals surface area contributed by atoms with Crippen LogP contribution in [0.2, 0.25) is 0 Å². The summed E-state index contributed by atoms with van der Waals surface area (Å²) in [5, 5.41) is 7.92. The number of hydrogen-bond donors (Lipinski definition) is 2. The Morgan fingerprint density at radius 3 is 2.79 bits per heavy atom. The minimum Gasteiger partial charge on any atom is -0.493 e.